The van der Waals surface area contributed by atoms with Gasteiger partial charge in [-0.1, -0.05) is 46.3 Å². The Morgan fingerprint density at radius 3 is 2.69 bits per heavy atom. The summed E-state index contributed by atoms with van der Waals surface area (Å²) in [6.45, 7) is 3.03. The highest BCUT2D eigenvalue weighted by atomic mass is 79.9. The summed E-state index contributed by atoms with van der Waals surface area (Å²) >= 11 is 8.47. The fourth-order valence-corrected chi connectivity index (χ4v) is 2.15. The average molecular weight is 301 g/mol. The summed E-state index contributed by atoms with van der Waals surface area (Å²) in [7, 11) is 2.09. The highest BCUT2D eigenvalue weighted by Gasteiger charge is 2.11. The SMILES string of the molecule is CC(CC(N)=S)N(C)Cc1ccccc1Br. The molecule has 0 aliphatic carbocycles. The molecule has 1 rings (SSSR count). The van der Waals surface area contributed by atoms with Crippen molar-refractivity contribution in [2.24, 2.45) is 5.73 Å². The number of nitrogens with zero attached hydrogens (tertiary/aromatic N) is 1. The van der Waals surface area contributed by atoms with E-state index >= 15 is 0 Å². The van der Waals surface area contributed by atoms with Crippen molar-refractivity contribution in [1.29, 1.82) is 0 Å². The lowest BCUT2D eigenvalue weighted by Crippen LogP contribution is -2.32. The molecule has 0 amide bonds. The summed E-state index contributed by atoms with van der Waals surface area (Å²) in [5, 5.41) is 0. The Labute approximate surface area is 111 Å². The molecule has 0 saturated carbocycles. The van der Waals surface area contributed by atoms with E-state index < -0.39 is 0 Å². The molecule has 0 fully saturated rings. The van der Waals surface area contributed by atoms with Crippen molar-refractivity contribution in [3.05, 3.63) is 34.3 Å². The summed E-state index contributed by atoms with van der Waals surface area (Å²) in [6, 6.07) is 8.61. The maximum atomic E-state index is 5.55. The Bertz CT molecular complexity index is 368. The monoisotopic (exact) mass is 300 g/mol. The van der Waals surface area contributed by atoms with Crippen molar-refractivity contribution < 1.29 is 0 Å². The normalized spacial score (nSPS) is 12.8. The maximum absolute atomic E-state index is 5.55. The number of halogens is 1. The molecule has 0 aliphatic rings. The van der Waals surface area contributed by atoms with E-state index in [0.717, 1.165) is 17.4 Å². The number of rotatable bonds is 5. The third kappa shape index (κ3) is 4.20. The van der Waals surface area contributed by atoms with Crippen molar-refractivity contribution in [3.8, 4) is 0 Å². The van der Waals surface area contributed by atoms with Crippen molar-refractivity contribution in [2.45, 2.75) is 25.9 Å². The van der Waals surface area contributed by atoms with Gasteiger partial charge in [-0.25, -0.2) is 0 Å². The molecule has 1 aromatic rings. The average Bonchev–Trinajstić information content (AvgIpc) is 2.20. The molecule has 0 aromatic heterocycles. The Kier molecular flexibility index (Phi) is 5.38. The van der Waals surface area contributed by atoms with E-state index in [1.807, 2.05) is 12.1 Å². The number of nitrogens with two attached hydrogens (primary N) is 1. The molecule has 2 N–H and O–H groups in total. The zero-order valence-corrected chi connectivity index (χ0v) is 12.0. The van der Waals surface area contributed by atoms with Crippen LogP contribution in [0.3, 0.4) is 0 Å². The fraction of sp³-hybridized carbons (Fsp3) is 0.417. The van der Waals surface area contributed by atoms with E-state index in [4.69, 9.17) is 18.0 Å². The Morgan fingerprint density at radius 1 is 1.50 bits per heavy atom. The molecule has 0 saturated heterocycles. The minimum absolute atomic E-state index is 0.365. The third-order valence-electron chi connectivity index (χ3n) is 2.63. The zero-order chi connectivity index (χ0) is 12.1. The second-order valence-electron chi connectivity index (χ2n) is 4.03. The highest BCUT2D eigenvalue weighted by Crippen LogP contribution is 2.18. The first-order chi connectivity index (χ1) is 7.50. The van der Waals surface area contributed by atoms with E-state index in [-0.39, 0.29) is 0 Å². The largest absolute Gasteiger partial charge is 0.393 e. The van der Waals surface area contributed by atoms with Crippen LogP contribution in [0.15, 0.2) is 28.7 Å². The minimum atomic E-state index is 0.365. The van der Waals surface area contributed by atoms with Gasteiger partial charge in [0.15, 0.2) is 0 Å². The van der Waals surface area contributed by atoms with Crippen LogP contribution < -0.4 is 5.73 Å². The van der Waals surface area contributed by atoms with Gasteiger partial charge in [-0.3, -0.25) is 4.90 Å². The molecule has 1 atom stereocenters. The molecule has 16 heavy (non-hydrogen) atoms. The van der Waals surface area contributed by atoms with E-state index in [1.165, 1.54) is 5.56 Å². The fourth-order valence-electron chi connectivity index (χ4n) is 1.50. The second-order valence-corrected chi connectivity index (χ2v) is 5.40. The first-order valence-corrected chi connectivity index (χ1v) is 6.42. The summed E-state index contributed by atoms with van der Waals surface area (Å²) in [5.41, 5.74) is 6.83. The Balaban J connectivity index is 2.60. The predicted molar refractivity (Wildman–Crippen MR) is 76.5 cm³/mol. The molecule has 0 spiro atoms. The molecule has 0 bridgehead atoms. The van der Waals surface area contributed by atoms with Crippen molar-refractivity contribution in [1.82, 2.24) is 4.90 Å². The summed E-state index contributed by atoms with van der Waals surface area (Å²) in [4.78, 5) is 2.82. The quantitative estimate of drug-likeness (QED) is 0.848. The van der Waals surface area contributed by atoms with Gasteiger partial charge < -0.3 is 5.73 Å². The molecule has 0 aliphatic heterocycles. The van der Waals surface area contributed by atoms with Gasteiger partial charge in [0.25, 0.3) is 0 Å². The molecule has 2 nitrogen and oxygen atoms in total. The number of thiocarbonyl (C=S) groups is 1. The molecule has 1 unspecified atom stereocenters. The van der Waals surface area contributed by atoms with Gasteiger partial charge in [0.1, 0.15) is 0 Å². The molecular weight excluding hydrogens is 284 g/mol. The van der Waals surface area contributed by atoms with Gasteiger partial charge >= 0.3 is 0 Å². The summed E-state index contributed by atoms with van der Waals surface area (Å²) in [6.07, 6.45) is 0.760. The van der Waals surface area contributed by atoms with Crippen LogP contribution >= 0.6 is 28.1 Å². The lowest BCUT2D eigenvalue weighted by atomic mass is 10.1. The second kappa shape index (κ2) is 6.33. The number of hydrogen-bond acceptors (Lipinski definition) is 2. The number of hydrogen-bond donors (Lipinski definition) is 1. The van der Waals surface area contributed by atoms with E-state index in [0.29, 0.717) is 11.0 Å². The molecule has 1 aromatic carbocycles. The van der Waals surface area contributed by atoms with Crippen molar-refractivity contribution in [3.63, 3.8) is 0 Å². The smallest absolute Gasteiger partial charge is 0.0742 e. The van der Waals surface area contributed by atoms with Crippen molar-refractivity contribution >= 4 is 33.1 Å². The summed E-state index contributed by atoms with van der Waals surface area (Å²) < 4.78 is 1.14. The van der Waals surface area contributed by atoms with Crippen LogP contribution in [0.25, 0.3) is 0 Å². The summed E-state index contributed by atoms with van der Waals surface area (Å²) in [5.74, 6) is 0. The van der Waals surface area contributed by atoms with Crippen LogP contribution in [0, 0.1) is 0 Å². The minimum Gasteiger partial charge on any atom is -0.393 e. The van der Waals surface area contributed by atoms with E-state index in [2.05, 4.69) is 46.9 Å². The van der Waals surface area contributed by atoms with Crippen LogP contribution in [-0.2, 0) is 6.54 Å². The topological polar surface area (TPSA) is 29.3 Å². The lowest BCUT2D eigenvalue weighted by molar-refractivity contribution is 0.255. The van der Waals surface area contributed by atoms with Crippen LogP contribution in [0.5, 0.6) is 0 Å². The van der Waals surface area contributed by atoms with Crippen LogP contribution in [-0.4, -0.2) is 23.0 Å². The van der Waals surface area contributed by atoms with Gasteiger partial charge in [0.2, 0.25) is 0 Å². The molecule has 88 valence electrons. The van der Waals surface area contributed by atoms with Gasteiger partial charge in [-0.05, 0) is 25.6 Å². The lowest BCUT2D eigenvalue weighted by Gasteiger charge is -2.24. The van der Waals surface area contributed by atoms with E-state index in [9.17, 15) is 0 Å². The Morgan fingerprint density at radius 2 is 2.12 bits per heavy atom. The van der Waals surface area contributed by atoms with Gasteiger partial charge in [-0.2, -0.15) is 0 Å². The van der Waals surface area contributed by atoms with Crippen LogP contribution in [0.4, 0.5) is 0 Å². The van der Waals surface area contributed by atoms with Crippen LogP contribution in [0.1, 0.15) is 18.9 Å². The predicted octanol–water partition coefficient (Wildman–Crippen LogP) is 2.95. The zero-order valence-electron chi connectivity index (χ0n) is 9.61. The highest BCUT2D eigenvalue weighted by molar-refractivity contribution is 9.10. The standard InChI is InChI=1S/C12H17BrN2S/c1-9(7-12(14)16)15(2)8-10-5-3-4-6-11(10)13/h3-6,9H,7-8H2,1-2H3,(H2,14,16). The van der Waals surface area contributed by atoms with Crippen molar-refractivity contribution in [2.75, 3.05) is 7.05 Å². The van der Waals surface area contributed by atoms with Crippen LogP contribution in [0.2, 0.25) is 0 Å². The first kappa shape index (κ1) is 13.6. The number of benzene rings is 1. The van der Waals surface area contributed by atoms with Gasteiger partial charge in [-0.15, -0.1) is 0 Å². The van der Waals surface area contributed by atoms with E-state index in [1.54, 1.807) is 0 Å². The van der Waals surface area contributed by atoms with Gasteiger partial charge in [0, 0.05) is 23.5 Å². The molecule has 0 heterocycles. The molecular formula is C12H17BrN2S. The molecule has 4 heteroatoms. The molecule has 0 radical (unpaired) electrons. The Hall–Kier alpha value is -0.450. The first-order valence-electron chi connectivity index (χ1n) is 5.22. The maximum Gasteiger partial charge on any atom is 0.0742 e. The van der Waals surface area contributed by atoms with Gasteiger partial charge in [0.05, 0.1) is 4.99 Å². The third-order valence-corrected chi connectivity index (χ3v) is 3.57.